The van der Waals surface area contributed by atoms with E-state index >= 15 is 0 Å². The van der Waals surface area contributed by atoms with Crippen LogP contribution in [-0.4, -0.2) is 63.0 Å². The first-order valence-corrected chi connectivity index (χ1v) is 6.50. The number of amides is 2. The maximum atomic E-state index is 11.6. The molecule has 1 heterocycles. The molecule has 1 unspecified atom stereocenters. The van der Waals surface area contributed by atoms with E-state index in [1.807, 2.05) is 7.05 Å². The summed E-state index contributed by atoms with van der Waals surface area (Å²) in [6.45, 7) is 5.90. The summed E-state index contributed by atoms with van der Waals surface area (Å²) in [7, 11) is 1.96. The summed E-state index contributed by atoms with van der Waals surface area (Å²) in [5.74, 6) is 0.617. The molecular weight excluding hydrogens is 232 g/mol. The van der Waals surface area contributed by atoms with Gasteiger partial charge in [0, 0.05) is 26.6 Å². The predicted molar refractivity (Wildman–Crippen MR) is 70.2 cm³/mol. The van der Waals surface area contributed by atoms with Gasteiger partial charge in [-0.2, -0.15) is 0 Å². The van der Waals surface area contributed by atoms with Crippen molar-refractivity contribution < 1.29 is 9.59 Å². The second-order valence-corrected chi connectivity index (χ2v) is 4.78. The topological polar surface area (TPSA) is 73.5 Å². The zero-order valence-corrected chi connectivity index (χ0v) is 11.3. The predicted octanol–water partition coefficient (Wildman–Crippen LogP) is -1.22. The molecule has 18 heavy (non-hydrogen) atoms. The number of carbonyl (C=O) groups excluding carboxylic acids is 2. The highest BCUT2D eigenvalue weighted by Gasteiger charge is 2.23. The van der Waals surface area contributed by atoms with Crippen LogP contribution >= 0.6 is 0 Å². The van der Waals surface area contributed by atoms with Gasteiger partial charge < -0.3 is 16.0 Å². The van der Waals surface area contributed by atoms with Gasteiger partial charge >= 0.3 is 0 Å². The second-order valence-electron chi connectivity index (χ2n) is 4.78. The van der Waals surface area contributed by atoms with Gasteiger partial charge in [-0.3, -0.25) is 14.5 Å². The Morgan fingerprint density at radius 3 is 2.67 bits per heavy atom. The lowest BCUT2D eigenvalue weighted by Crippen LogP contribution is -2.39. The van der Waals surface area contributed by atoms with Crippen molar-refractivity contribution >= 4 is 11.8 Å². The molecule has 0 spiro atoms. The molecule has 0 saturated carbocycles. The third-order valence-electron chi connectivity index (χ3n) is 3.05. The van der Waals surface area contributed by atoms with Gasteiger partial charge in [0.2, 0.25) is 11.8 Å². The van der Waals surface area contributed by atoms with Crippen molar-refractivity contribution in [1.82, 2.24) is 20.9 Å². The monoisotopic (exact) mass is 256 g/mol. The van der Waals surface area contributed by atoms with Crippen LogP contribution in [0.2, 0.25) is 0 Å². The molecule has 0 aromatic carbocycles. The van der Waals surface area contributed by atoms with Crippen LogP contribution in [0.25, 0.3) is 0 Å². The van der Waals surface area contributed by atoms with Gasteiger partial charge in [-0.25, -0.2) is 0 Å². The molecule has 0 aromatic rings. The number of nitrogens with zero attached hydrogens (tertiary/aromatic N) is 1. The summed E-state index contributed by atoms with van der Waals surface area (Å²) in [5, 5.41) is 8.61. The number of hydrogen-bond acceptors (Lipinski definition) is 4. The summed E-state index contributed by atoms with van der Waals surface area (Å²) < 4.78 is 0. The Kier molecular flexibility index (Phi) is 6.67. The zero-order valence-electron chi connectivity index (χ0n) is 11.3. The number of nitrogens with one attached hydrogen (secondary N) is 3. The van der Waals surface area contributed by atoms with E-state index in [4.69, 9.17) is 0 Å². The maximum Gasteiger partial charge on any atom is 0.234 e. The van der Waals surface area contributed by atoms with E-state index in [1.165, 1.54) is 6.92 Å². The highest BCUT2D eigenvalue weighted by Crippen LogP contribution is 2.14. The molecule has 0 radical (unpaired) electrons. The molecule has 104 valence electrons. The molecule has 3 N–H and O–H groups in total. The fourth-order valence-corrected chi connectivity index (χ4v) is 2.21. The van der Waals surface area contributed by atoms with Crippen LogP contribution < -0.4 is 16.0 Å². The van der Waals surface area contributed by atoms with Gasteiger partial charge in [-0.1, -0.05) is 0 Å². The van der Waals surface area contributed by atoms with Crippen molar-refractivity contribution in [1.29, 1.82) is 0 Å². The van der Waals surface area contributed by atoms with Gasteiger partial charge in [0.15, 0.2) is 0 Å². The molecule has 0 aromatic heterocycles. The molecule has 1 aliphatic heterocycles. The van der Waals surface area contributed by atoms with Crippen LogP contribution in [0, 0.1) is 5.92 Å². The molecule has 1 aliphatic rings. The van der Waals surface area contributed by atoms with E-state index in [2.05, 4.69) is 20.9 Å². The lowest BCUT2D eigenvalue weighted by molar-refractivity contribution is -0.122. The fraction of sp³-hybridized carbons (Fsp3) is 0.833. The molecule has 2 amide bonds. The van der Waals surface area contributed by atoms with Gasteiger partial charge in [0.1, 0.15) is 0 Å². The lowest BCUT2D eigenvalue weighted by atomic mass is 10.1. The van der Waals surface area contributed by atoms with Crippen LogP contribution in [0.1, 0.15) is 13.3 Å². The fourth-order valence-electron chi connectivity index (χ4n) is 2.21. The molecule has 6 heteroatoms. The third kappa shape index (κ3) is 5.97. The van der Waals surface area contributed by atoms with E-state index in [-0.39, 0.29) is 11.8 Å². The van der Waals surface area contributed by atoms with Crippen LogP contribution in [0.3, 0.4) is 0 Å². The van der Waals surface area contributed by atoms with E-state index < -0.39 is 0 Å². The first kappa shape index (κ1) is 14.9. The Labute approximate surface area is 108 Å². The minimum atomic E-state index is -0.0706. The first-order valence-electron chi connectivity index (χ1n) is 6.50. The van der Waals surface area contributed by atoms with Gasteiger partial charge in [0.05, 0.1) is 6.54 Å². The normalized spacial score (nSPS) is 19.8. The summed E-state index contributed by atoms with van der Waals surface area (Å²) in [6, 6.07) is 0. The standard InChI is InChI=1S/C12H24N4O2/c1-10(17)14-4-5-15-12(18)9-16-6-3-11(8-16)7-13-2/h11,13H,3-9H2,1-2H3,(H,14,17)(H,15,18). The molecule has 1 atom stereocenters. The quantitative estimate of drug-likeness (QED) is 0.499. The molecular formula is C12H24N4O2. The van der Waals surface area contributed by atoms with E-state index in [0.29, 0.717) is 25.6 Å². The highest BCUT2D eigenvalue weighted by molar-refractivity contribution is 5.78. The Morgan fingerprint density at radius 2 is 2.00 bits per heavy atom. The van der Waals surface area contributed by atoms with Gasteiger partial charge in [-0.15, -0.1) is 0 Å². The molecule has 6 nitrogen and oxygen atoms in total. The van der Waals surface area contributed by atoms with Crippen LogP contribution in [0.4, 0.5) is 0 Å². The number of rotatable bonds is 7. The molecule has 1 saturated heterocycles. The second kappa shape index (κ2) is 8.05. The summed E-state index contributed by atoms with van der Waals surface area (Å²) in [6.07, 6.45) is 1.15. The summed E-state index contributed by atoms with van der Waals surface area (Å²) in [4.78, 5) is 24.4. The van der Waals surface area contributed by atoms with Crippen LogP contribution in [0.15, 0.2) is 0 Å². The largest absolute Gasteiger partial charge is 0.355 e. The van der Waals surface area contributed by atoms with Crippen molar-refractivity contribution in [2.24, 2.45) is 5.92 Å². The van der Waals surface area contributed by atoms with Crippen LogP contribution in [0.5, 0.6) is 0 Å². The van der Waals surface area contributed by atoms with E-state index in [1.54, 1.807) is 0 Å². The van der Waals surface area contributed by atoms with Gasteiger partial charge in [-0.05, 0) is 32.5 Å². The zero-order chi connectivity index (χ0) is 13.4. The summed E-state index contributed by atoms with van der Waals surface area (Å²) >= 11 is 0. The Morgan fingerprint density at radius 1 is 1.28 bits per heavy atom. The minimum absolute atomic E-state index is 0.0328. The smallest absolute Gasteiger partial charge is 0.234 e. The number of hydrogen-bond donors (Lipinski definition) is 3. The average Bonchev–Trinajstić information content (AvgIpc) is 2.72. The Bertz CT molecular complexity index is 283. The third-order valence-corrected chi connectivity index (χ3v) is 3.05. The lowest BCUT2D eigenvalue weighted by Gasteiger charge is -2.15. The highest BCUT2D eigenvalue weighted by atomic mass is 16.2. The molecule has 1 rings (SSSR count). The van der Waals surface area contributed by atoms with Crippen molar-refractivity contribution in [3.63, 3.8) is 0 Å². The Balaban J connectivity index is 2.08. The van der Waals surface area contributed by atoms with Crippen molar-refractivity contribution in [2.75, 3.05) is 46.3 Å². The van der Waals surface area contributed by atoms with Crippen molar-refractivity contribution in [3.05, 3.63) is 0 Å². The molecule has 0 aliphatic carbocycles. The van der Waals surface area contributed by atoms with Crippen molar-refractivity contribution in [3.8, 4) is 0 Å². The van der Waals surface area contributed by atoms with E-state index in [9.17, 15) is 9.59 Å². The van der Waals surface area contributed by atoms with Gasteiger partial charge in [0.25, 0.3) is 0 Å². The Hall–Kier alpha value is -1.14. The van der Waals surface area contributed by atoms with Crippen molar-refractivity contribution in [2.45, 2.75) is 13.3 Å². The first-order chi connectivity index (χ1) is 8.61. The number of carbonyl (C=O) groups is 2. The maximum absolute atomic E-state index is 11.6. The minimum Gasteiger partial charge on any atom is -0.355 e. The SMILES string of the molecule is CNCC1CCN(CC(=O)NCCNC(C)=O)C1. The molecule has 1 fully saturated rings. The summed E-state index contributed by atoms with van der Waals surface area (Å²) in [5.41, 5.74) is 0. The molecule has 0 bridgehead atoms. The average molecular weight is 256 g/mol. The van der Waals surface area contributed by atoms with E-state index in [0.717, 1.165) is 26.1 Å². The van der Waals surface area contributed by atoms with Crippen LogP contribution in [-0.2, 0) is 9.59 Å². The number of likely N-dealkylation sites (tertiary alicyclic amines) is 1.